The molecule has 1 rings (SSSR count). The van der Waals surface area contributed by atoms with Gasteiger partial charge in [-0.3, -0.25) is 0 Å². The zero-order chi connectivity index (χ0) is 8.27. The van der Waals surface area contributed by atoms with Gasteiger partial charge in [-0.25, -0.2) is 4.98 Å². The number of methoxy groups -OCH3 is 1. The van der Waals surface area contributed by atoms with E-state index < -0.39 is 0 Å². The molecule has 0 saturated heterocycles. The van der Waals surface area contributed by atoms with E-state index in [0.717, 1.165) is 4.90 Å². The highest BCUT2D eigenvalue weighted by Gasteiger charge is 2.03. The molecule has 1 aromatic heterocycles. The molecule has 11 heavy (non-hydrogen) atoms. The van der Waals surface area contributed by atoms with E-state index in [4.69, 9.17) is 16.3 Å². The summed E-state index contributed by atoms with van der Waals surface area (Å²) in [4.78, 5) is 8.57. The molecular weight excluding hydrogens is 184 g/mol. The van der Waals surface area contributed by atoms with Crippen molar-refractivity contribution < 1.29 is 4.74 Å². The molecule has 1 aromatic rings. The van der Waals surface area contributed by atoms with E-state index in [2.05, 4.69) is 9.97 Å². The summed E-state index contributed by atoms with van der Waals surface area (Å²) in [5.74, 6) is 0.525. The second-order valence-corrected chi connectivity index (χ2v) is 2.90. The fraction of sp³-hybridized carbons (Fsp3) is 0.333. The molecule has 0 bridgehead atoms. The van der Waals surface area contributed by atoms with E-state index in [9.17, 15) is 0 Å². The summed E-state index contributed by atoms with van der Waals surface area (Å²) >= 11 is 7.06. The third-order valence-electron chi connectivity index (χ3n) is 1.11. The number of rotatable bonds is 2. The number of hydrogen-bond acceptors (Lipinski definition) is 4. The molecule has 0 amide bonds. The van der Waals surface area contributed by atoms with E-state index in [1.165, 1.54) is 11.8 Å². The monoisotopic (exact) mass is 190 g/mol. The molecule has 0 aliphatic carbocycles. The Hall–Kier alpha value is -0.480. The Morgan fingerprint density at radius 1 is 1.64 bits per heavy atom. The first-order chi connectivity index (χ1) is 5.27. The summed E-state index contributed by atoms with van der Waals surface area (Å²) in [5, 5.41) is 0.208. The van der Waals surface area contributed by atoms with Crippen molar-refractivity contribution in [3.05, 3.63) is 11.5 Å². The zero-order valence-electron chi connectivity index (χ0n) is 6.17. The lowest BCUT2D eigenvalue weighted by molar-refractivity contribution is 0.386. The number of ether oxygens (including phenoxy) is 1. The first-order valence-corrected chi connectivity index (χ1v) is 4.48. The van der Waals surface area contributed by atoms with E-state index in [1.807, 2.05) is 6.26 Å². The Balaban J connectivity index is 3.06. The third-order valence-corrected chi connectivity index (χ3v) is 2.01. The Bertz CT molecular complexity index is 256. The average molecular weight is 191 g/mol. The third kappa shape index (κ3) is 1.97. The van der Waals surface area contributed by atoms with Gasteiger partial charge in [0.25, 0.3) is 0 Å². The van der Waals surface area contributed by atoms with Crippen LogP contribution in [0.2, 0.25) is 5.28 Å². The van der Waals surface area contributed by atoms with Gasteiger partial charge in [0.1, 0.15) is 0 Å². The van der Waals surface area contributed by atoms with Crippen LogP contribution >= 0.6 is 23.4 Å². The van der Waals surface area contributed by atoms with Crippen LogP contribution in [0.5, 0.6) is 5.88 Å². The highest BCUT2D eigenvalue weighted by Crippen LogP contribution is 2.24. The predicted molar refractivity (Wildman–Crippen MR) is 45.4 cm³/mol. The van der Waals surface area contributed by atoms with Crippen LogP contribution in [0.15, 0.2) is 11.1 Å². The molecule has 60 valence electrons. The van der Waals surface area contributed by atoms with Crippen molar-refractivity contribution in [2.45, 2.75) is 4.90 Å². The molecule has 5 heteroatoms. The lowest BCUT2D eigenvalue weighted by Gasteiger charge is -2.02. The average Bonchev–Trinajstić information content (AvgIpc) is 2.04. The summed E-state index contributed by atoms with van der Waals surface area (Å²) in [6.45, 7) is 0. The largest absolute Gasteiger partial charge is 0.480 e. The minimum atomic E-state index is 0.208. The lowest BCUT2D eigenvalue weighted by atomic mass is 10.6. The van der Waals surface area contributed by atoms with Gasteiger partial charge >= 0.3 is 0 Å². The highest BCUT2D eigenvalue weighted by atomic mass is 35.5. The smallest absolute Gasteiger partial charge is 0.231 e. The van der Waals surface area contributed by atoms with E-state index in [0.29, 0.717) is 5.88 Å². The second-order valence-electron chi connectivity index (χ2n) is 1.72. The number of halogens is 1. The van der Waals surface area contributed by atoms with Gasteiger partial charge in [0.05, 0.1) is 12.0 Å². The molecule has 0 saturated carbocycles. The fourth-order valence-electron chi connectivity index (χ4n) is 0.621. The Kier molecular flexibility index (Phi) is 2.96. The first-order valence-electron chi connectivity index (χ1n) is 2.88. The van der Waals surface area contributed by atoms with Gasteiger partial charge in [0, 0.05) is 6.20 Å². The number of nitrogens with zero attached hydrogens (tertiary/aromatic N) is 2. The van der Waals surface area contributed by atoms with Crippen molar-refractivity contribution >= 4 is 23.4 Å². The minimum Gasteiger partial charge on any atom is -0.480 e. The van der Waals surface area contributed by atoms with Crippen LogP contribution in [0.3, 0.4) is 0 Å². The molecule has 3 nitrogen and oxygen atoms in total. The fourth-order valence-corrected chi connectivity index (χ4v) is 1.21. The van der Waals surface area contributed by atoms with Gasteiger partial charge in [-0.2, -0.15) is 4.98 Å². The van der Waals surface area contributed by atoms with Crippen molar-refractivity contribution in [3.8, 4) is 5.88 Å². The van der Waals surface area contributed by atoms with Gasteiger partial charge in [0.15, 0.2) is 0 Å². The maximum Gasteiger partial charge on any atom is 0.231 e. The Labute approximate surface area is 74.1 Å². The maximum atomic E-state index is 5.54. The summed E-state index contributed by atoms with van der Waals surface area (Å²) < 4.78 is 4.96. The van der Waals surface area contributed by atoms with Crippen LogP contribution in [-0.4, -0.2) is 23.3 Å². The van der Waals surface area contributed by atoms with Gasteiger partial charge < -0.3 is 4.74 Å². The molecule has 0 spiro atoms. The molecule has 0 unspecified atom stereocenters. The first kappa shape index (κ1) is 8.62. The molecule has 0 fully saturated rings. The van der Waals surface area contributed by atoms with Crippen molar-refractivity contribution in [2.24, 2.45) is 0 Å². The Morgan fingerprint density at radius 3 is 2.91 bits per heavy atom. The normalized spacial score (nSPS) is 9.73. The van der Waals surface area contributed by atoms with Crippen LogP contribution in [-0.2, 0) is 0 Å². The van der Waals surface area contributed by atoms with Crippen molar-refractivity contribution in [1.29, 1.82) is 0 Å². The summed E-state index contributed by atoms with van der Waals surface area (Å²) in [7, 11) is 1.55. The van der Waals surface area contributed by atoms with Gasteiger partial charge in [-0.1, -0.05) is 0 Å². The minimum absolute atomic E-state index is 0.208. The van der Waals surface area contributed by atoms with E-state index in [-0.39, 0.29) is 5.28 Å². The van der Waals surface area contributed by atoms with Crippen molar-refractivity contribution in [3.63, 3.8) is 0 Å². The van der Waals surface area contributed by atoms with E-state index >= 15 is 0 Å². The summed E-state index contributed by atoms with van der Waals surface area (Å²) in [6, 6.07) is 0. The SMILES string of the molecule is COc1nc(Cl)ncc1SC. The molecule has 0 aliphatic rings. The molecule has 0 atom stereocenters. The van der Waals surface area contributed by atoms with Crippen LogP contribution < -0.4 is 4.74 Å². The van der Waals surface area contributed by atoms with Gasteiger partial charge in [0.2, 0.25) is 11.2 Å². The summed E-state index contributed by atoms with van der Waals surface area (Å²) in [5.41, 5.74) is 0. The molecular formula is C6H7ClN2OS. The number of hydrogen-bond donors (Lipinski definition) is 0. The molecule has 1 heterocycles. The number of aromatic nitrogens is 2. The zero-order valence-corrected chi connectivity index (χ0v) is 7.74. The molecule has 0 N–H and O–H groups in total. The van der Waals surface area contributed by atoms with Gasteiger partial charge in [-0.05, 0) is 17.9 Å². The van der Waals surface area contributed by atoms with Crippen LogP contribution in [0.1, 0.15) is 0 Å². The standard InChI is InChI=1S/C6H7ClN2OS/c1-10-5-4(11-2)3-8-6(7)9-5/h3H,1-2H3. The van der Waals surface area contributed by atoms with Crippen LogP contribution in [0, 0.1) is 0 Å². The van der Waals surface area contributed by atoms with Gasteiger partial charge in [-0.15, -0.1) is 11.8 Å². The quantitative estimate of drug-likeness (QED) is 0.527. The Morgan fingerprint density at radius 2 is 2.36 bits per heavy atom. The van der Waals surface area contributed by atoms with Crippen molar-refractivity contribution in [1.82, 2.24) is 9.97 Å². The summed E-state index contributed by atoms with van der Waals surface area (Å²) in [6.07, 6.45) is 3.56. The molecule has 0 aromatic carbocycles. The number of thioether (sulfide) groups is 1. The maximum absolute atomic E-state index is 5.54. The molecule has 0 radical (unpaired) electrons. The lowest BCUT2D eigenvalue weighted by Crippen LogP contribution is -1.92. The van der Waals surface area contributed by atoms with Crippen molar-refractivity contribution in [2.75, 3.05) is 13.4 Å². The van der Waals surface area contributed by atoms with Crippen LogP contribution in [0.4, 0.5) is 0 Å². The predicted octanol–water partition coefficient (Wildman–Crippen LogP) is 1.86. The van der Waals surface area contributed by atoms with E-state index in [1.54, 1.807) is 13.3 Å². The second kappa shape index (κ2) is 3.78. The topological polar surface area (TPSA) is 35.0 Å². The van der Waals surface area contributed by atoms with Crippen LogP contribution in [0.25, 0.3) is 0 Å². The molecule has 0 aliphatic heterocycles. The highest BCUT2D eigenvalue weighted by molar-refractivity contribution is 7.98.